The van der Waals surface area contributed by atoms with Gasteiger partial charge in [-0.2, -0.15) is 0 Å². The number of rotatable bonds is 3. The van der Waals surface area contributed by atoms with Gasteiger partial charge in [-0.3, -0.25) is 9.59 Å². The number of carbonyl (C=O) groups excluding carboxylic acids is 2. The van der Waals surface area contributed by atoms with Crippen molar-refractivity contribution in [3.8, 4) is 0 Å². The van der Waals surface area contributed by atoms with Crippen LogP contribution in [0.3, 0.4) is 0 Å². The maximum absolute atomic E-state index is 12.9. The van der Waals surface area contributed by atoms with Crippen molar-refractivity contribution in [3.05, 3.63) is 29.8 Å². The minimum absolute atomic E-state index is 0.0335. The Hall–Kier alpha value is -1.88. The van der Waals surface area contributed by atoms with Crippen LogP contribution < -0.4 is 5.32 Å². The lowest BCUT2D eigenvalue weighted by Gasteiger charge is -2.31. The van der Waals surface area contributed by atoms with Gasteiger partial charge in [-0.1, -0.05) is 19.1 Å². The monoisotopic (exact) mass is 343 g/mol. The molecule has 0 unspecified atom stereocenters. The van der Waals surface area contributed by atoms with Crippen LogP contribution in [0.4, 0.5) is 5.69 Å². The van der Waals surface area contributed by atoms with Gasteiger partial charge in [-0.05, 0) is 63.9 Å². The van der Waals surface area contributed by atoms with Crippen molar-refractivity contribution in [2.45, 2.75) is 32.6 Å². The first-order valence-corrected chi connectivity index (χ1v) is 9.42. The number of para-hydroxylation sites is 1. The minimum atomic E-state index is 0.0335. The molecule has 1 N–H and O–H groups in total. The Morgan fingerprint density at radius 2 is 1.64 bits per heavy atom. The van der Waals surface area contributed by atoms with Crippen molar-refractivity contribution in [2.24, 2.45) is 11.8 Å². The molecule has 0 saturated carbocycles. The van der Waals surface area contributed by atoms with Crippen LogP contribution in [0, 0.1) is 11.8 Å². The SMILES string of the molecule is CC1CCN(C(=O)c2ccccc2NC(=O)C2CCN(C)CC2)CC1. The van der Waals surface area contributed by atoms with Crippen molar-refractivity contribution < 1.29 is 9.59 Å². The second kappa shape index (κ2) is 8.00. The van der Waals surface area contributed by atoms with Gasteiger partial charge in [-0.15, -0.1) is 0 Å². The van der Waals surface area contributed by atoms with Crippen molar-refractivity contribution in [1.29, 1.82) is 0 Å². The van der Waals surface area contributed by atoms with E-state index in [2.05, 4.69) is 24.2 Å². The largest absolute Gasteiger partial charge is 0.339 e. The Bertz CT molecular complexity index is 615. The molecule has 0 aromatic heterocycles. The standard InChI is InChI=1S/C20H29N3O2/c1-15-7-13-23(14-8-15)20(25)17-5-3-4-6-18(17)21-19(24)16-9-11-22(2)12-10-16/h3-6,15-16H,7-14H2,1-2H3,(H,21,24). The molecule has 2 heterocycles. The van der Waals surface area contributed by atoms with E-state index >= 15 is 0 Å². The number of benzene rings is 1. The maximum atomic E-state index is 12.9. The maximum Gasteiger partial charge on any atom is 0.255 e. The number of hydrogen-bond acceptors (Lipinski definition) is 3. The third-order valence-electron chi connectivity index (χ3n) is 5.58. The van der Waals surface area contributed by atoms with Gasteiger partial charge in [0.1, 0.15) is 0 Å². The van der Waals surface area contributed by atoms with Gasteiger partial charge in [0.05, 0.1) is 11.3 Å². The number of carbonyl (C=O) groups is 2. The third kappa shape index (κ3) is 4.40. The van der Waals surface area contributed by atoms with E-state index in [4.69, 9.17) is 0 Å². The minimum Gasteiger partial charge on any atom is -0.339 e. The lowest BCUT2D eigenvalue weighted by Crippen LogP contribution is -2.39. The Morgan fingerprint density at radius 1 is 1.00 bits per heavy atom. The van der Waals surface area contributed by atoms with Crippen LogP contribution in [0.25, 0.3) is 0 Å². The Labute approximate surface area is 150 Å². The number of nitrogens with zero attached hydrogens (tertiary/aromatic N) is 2. The molecule has 2 aliphatic rings. The molecule has 2 amide bonds. The van der Waals surface area contributed by atoms with Gasteiger partial charge < -0.3 is 15.1 Å². The Balaban J connectivity index is 1.68. The fourth-order valence-corrected chi connectivity index (χ4v) is 3.67. The van der Waals surface area contributed by atoms with Crippen molar-refractivity contribution in [1.82, 2.24) is 9.80 Å². The number of piperidine rings is 2. The quantitative estimate of drug-likeness (QED) is 0.918. The first-order chi connectivity index (χ1) is 12.0. The second-order valence-corrected chi connectivity index (χ2v) is 7.59. The van der Waals surface area contributed by atoms with E-state index in [1.807, 2.05) is 29.2 Å². The second-order valence-electron chi connectivity index (χ2n) is 7.59. The molecule has 1 aromatic carbocycles. The lowest BCUT2D eigenvalue weighted by atomic mass is 9.96. The summed E-state index contributed by atoms with van der Waals surface area (Å²) in [6, 6.07) is 7.40. The van der Waals surface area contributed by atoms with E-state index in [-0.39, 0.29) is 17.7 Å². The zero-order valence-corrected chi connectivity index (χ0v) is 15.3. The van der Waals surface area contributed by atoms with Crippen molar-refractivity contribution in [2.75, 3.05) is 38.5 Å². The van der Waals surface area contributed by atoms with Gasteiger partial charge in [0.2, 0.25) is 5.91 Å². The molecule has 0 bridgehead atoms. The van der Waals surface area contributed by atoms with Gasteiger partial charge in [0.25, 0.3) is 5.91 Å². The third-order valence-corrected chi connectivity index (χ3v) is 5.58. The predicted molar refractivity (Wildman–Crippen MR) is 99.6 cm³/mol. The van der Waals surface area contributed by atoms with E-state index in [1.165, 1.54) is 0 Å². The summed E-state index contributed by atoms with van der Waals surface area (Å²) in [6.07, 6.45) is 3.86. The molecule has 1 aromatic rings. The van der Waals surface area contributed by atoms with Gasteiger partial charge in [0.15, 0.2) is 0 Å². The zero-order chi connectivity index (χ0) is 17.8. The molecule has 25 heavy (non-hydrogen) atoms. The van der Waals surface area contributed by atoms with Crippen LogP contribution >= 0.6 is 0 Å². The summed E-state index contributed by atoms with van der Waals surface area (Å²) in [5.41, 5.74) is 1.26. The predicted octanol–water partition coefficient (Wildman–Crippen LogP) is 2.84. The molecule has 3 rings (SSSR count). The smallest absolute Gasteiger partial charge is 0.255 e. The van der Waals surface area contributed by atoms with E-state index in [1.54, 1.807) is 0 Å². The highest BCUT2D eigenvalue weighted by Crippen LogP contribution is 2.24. The highest BCUT2D eigenvalue weighted by molar-refractivity contribution is 6.04. The number of nitrogens with one attached hydrogen (secondary N) is 1. The van der Waals surface area contributed by atoms with Crippen LogP contribution in [-0.4, -0.2) is 54.8 Å². The molecule has 0 spiro atoms. The van der Waals surface area contributed by atoms with Gasteiger partial charge in [-0.25, -0.2) is 0 Å². The summed E-state index contributed by atoms with van der Waals surface area (Å²) >= 11 is 0. The molecule has 2 fully saturated rings. The highest BCUT2D eigenvalue weighted by atomic mass is 16.2. The summed E-state index contributed by atoms with van der Waals surface area (Å²) in [6.45, 7) is 5.74. The van der Waals surface area contributed by atoms with Gasteiger partial charge in [0, 0.05) is 19.0 Å². The molecule has 0 radical (unpaired) electrons. The molecular weight excluding hydrogens is 314 g/mol. The molecule has 0 atom stereocenters. The average molecular weight is 343 g/mol. The lowest BCUT2D eigenvalue weighted by molar-refractivity contribution is -0.121. The number of amides is 2. The number of hydrogen-bond donors (Lipinski definition) is 1. The summed E-state index contributed by atoms with van der Waals surface area (Å²) in [4.78, 5) is 29.7. The summed E-state index contributed by atoms with van der Waals surface area (Å²) in [7, 11) is 2.08. The molecule has 136 valence electrons. The molecule has 5 heteroatoms. The van der Waals surface area contributed by atoms with Crippen LogP contribution in [0.1, 0.15) is 43.0 Å². The Morgan fingerprint density at radius 3 is 2.32 bits per heavy atom. The van der Waals surface area contributed by atoms with E-state index in [9.17, 15) is 9.59 Å². The van der Waals surface area contributed by atoms with Crippen LogP contribution in [0.2, 0.25) is 0 Å². The van der Waals surface area contributed by atoms with Crippen LogP contribution in [0.5, 0.6) is 0 Å². The van der Waals surface area contributed by atoms with E-state index < -0.39 is 0 Å². The highest BCUT2D eigenvalue weighted by Gasteiger charge is 2.26. The van der Waals surface area contributed by atoms with Crippen molar-refractivity contribution in [3.63, 3.8) is 0 Å². The number of anilines is 1. The summed E-state index contributed by atoms with van der Waals surface area (Å²) in [5, 5.41) is 3.02. The molecule has 0 aliphatic carbocycles. The normalized spacial score (nSPS) is 20.5. The summed E-state index contributed by atoms with van der Waals surface area (Å²) in [5.74, 6) is 0.797. The fourth-order valence-electron chi connectivity index (χ4n) is 3.67. The summed E-state index contributed by atoms with van der Waals surface area (Å²) < 4.78 is 0. The first kappa shape index (κ1) is 17.9. The van der Waals surface area contributed by atoms with Crippen LogP contribution in [0.15, 0.2) is 24.3 Å². The molecule has 2 aliphatic heterocycles. The number of likely N-dealkylation sites (tertiary alicyclic amines) is 2. The zero-order valence-electron chi connectivity index (χ0n) is 15.3. The van der Waals surface area contributed by atoms with Gasteiger partial charge >= 0.3 is 0 Å². The average Bonchev–Trinajstić information content (AvgIpc) is 2.63. The van der Waals surface area contributed by atoms with E-state index in [0.717, 1.165) is 51.9 Å². The Kier molecular flexibility index (Phi) is 5.74. The first-order valence-electron chi connectivity index (χ1n) is 9.42. The van der Waals surface area contributed by atoms with E-state index in [0.29, 0.717) is 17.2 Å². The topological polar surface area (TPSA) is 52.7 Å². The molecule has 2 saturated heterocycles. The van der Waals surface area contributed by atoms with Crippen LogP contribution in [-0.2, 0) is 4.79 Å². The fraction of sp³-hybridized carbons (Fsp3) is 0.600. The molecular formula is C20H29N3O2. The molecule has 5 nitrogen and oxygen atoms in total. The van der Waals surface area contributed by atoms with Crippen molar-refractivity contribution >= 4 is 17.5 Å².